The summed E-state index contributed by atoms with van der Waals surface area (Å²) in [7, 11) is 0. The van der Waals surface area contributed by atoms with E-state index in [9.17, 15) is 0 Å². The number of nitrogens with zero attached hydrogens (tertiary/aromatic N) is 3. The molecule has 0 bridgehead atoms. The van der Waals surface area contributed by atoms with Gasteiger partial charge in [-0.1, -0.05) is 6.07 Å². The van der Waals surface area contributed by atoms with Crippen molar-refractivity contribution in [3.8, 4) is 0 Å². The molecule has 56 valence electrons. The monoisotopic (exact) mass is 148 g/mol. The molecule has 0 saturated heterocycles. The fraction of sp³-hybridized carbons (Fsp3) is 0.143. The summed E-state index contributed by atoms with van der Waals surface area (Å²) in [4.78, 5) is 3.98. The van der Waals surface area contributed by atoms with Crippen LogP contribution < -0.4 is 5.73 Å². The predicted octanol–water partition coefficient (Wildman–Crippen LogP) is 0.620. The Bertz CT molecular complexity index is 390. The van der Waals surface area contributed by atoms with Crippen LogP contribution in [0.4, 0.5) is 5.95 Å². The molecule has 4 heteroatoms. The maximum absolute atomic E-state index is 5.40. The van der Waals surface area contributed by atoms with Crippen molar-refractivity contribution >= 4 is 11.6 Å². The van der Waals surface area contributed by atoms with Gasteiger partial charge in [-0.3, -0.25) is 0 Å². The van der Waals surface area contributed by atoms with Crippen molar-refractivity contribution < 1.29 is 0 Å². The van der Waals surface area contributed by atoms with Crippen molar-refractivity contribution in [2.24, 2.45) is 0 Å². The lowest BCUT2D eigenvalue weighted by Crippen LogP contribution is -1.89. The molecule has 0 aliphatic carbocycles. The summed E-state index contributed by atoms with van der Waals surface area (Å²) in [6, 6.07) is 3.86. The number of rotatable bonds is 0. The molecule has 0 aromatic carbocycles. The Balaban J connectivity index is 2.82. The Morgan fingerprint density at radius 3 is 3.09 bits per heavy atom. The zero-order valence-corrected chi connectivity index (χ0v) is 6.15. The Morgan fingerprint density at radius 1 is 1.45 bits per heavy atom. The van der Waals surface area contributed by atoms with E-state index in [0.717, 1.165) is 11.2 Å². The van der Waals surface area contributed by atoms with E-state index in [4.69, 9.17) is 5.73 Å². The van der Waals surface area contributed by atoms with Crippen LogP contribution in [-0.2, 0) is 0 Å². The maximum Gasteiger partial charge on any atom is 0.240 e. The Kier molecular flexibility index (Phi) is 1.09. The summed E-state index contributed by atoms with van der Waals surface area (Å²) in [5, 5.41) is 3.96. The third-order valence-electron chi connectivity index (χ3n) is 1.50. The van der Waals surface area contributed by atoms with E-state index in [0.29, 0.717) is 5.95 Å². The zero-order valence-electron chi connectivity index (χ0n) is 6.15. The fourth-order valence-corrected chi connectivity index (χ4v) is 1.00. The van der Waals surface area contributed by atoms with Crippen LogP contribution in [0.5, 0.6) is 0 Å². The first-order valence-electron chi connectivity index (χ1n) is 3.34. The second kappa shape index (κ2) is 1.95. The molecular weight excluding hydrogens is 140 g/mol. The van der Waals surface area contributed by atoms with Crippen LogP contribution >= 0.6 is 0 Å². The molecule has 2 aromatic heterocycles. The number of hydrogen-bond acceptors (Lipinski definition) is 3. The summed E-state index contributed by atoms with van der Waals surface area (Å²) < 4.78 is 1.67. The molecule has 0 amide bonds. The number of hydrogen-bond donors (Lipinski definition) is 1. The summed E-state index contributed by atoms with van der Waals surface area (Å²) >= 11 is 0. The van der Waals surface area contributed by atoms with Crippen LogP contribution in [0.2, 0.25) is 0 Å². The normalized spacial score (nSPS) is 10.6. The summed E-state index contributed by atoms with van der Waals surface area (Å²) in [5.41, 5.74) is 7.32. The molecule has 2 aromatic rings. The summed E-state index contributed by atoms with van der Waals surface area (Å²) in [6.45, 7) is 2.00. The van der Waals surface area contributed by atoms with Crippen molar-refractivity contribution in [2.45, 2.75) is 6.92 Å². The minimum atomic E-state index is 0.315. The highest BCUT2D eigenvalue weighted by Crippen LogP contribution is 2.03. The van der Waals surface area contributed by atoms with Crippen molar-refractivity contribution in [3.05, 3.63) is 23.9 Å². The molecule has 0 unspecified atom stereocenters. The van der Waals surface area contributed by atoms with Gasteiger partial charge >= 0.3 is 0 Å². The van der Waals surface area contributed by atoms with E-state index in [2.05, 4.69) is 10.1 Å². The van der Waals surface area contributed by atoms with E-state index in [1.165, 1.54) is 0 Å². The van der Waals surface area contributed by atoms with Crippen molar-refractivity contribution in [1.29, 1.82) is 0 Å². The van der Waals surface area contributed by atoms with Gasteiger partial charge in [-0.15, -0.1) is 5.10 Å². The molecule has 2 heterocycles. The fourth-order valence-electron chi connectivity index (χ4n) is 1.00. The van der Waals surface area contributed by atoms with E-state index in [1.54, 1.807) is 4.52 Å². The molecule has 0 saturated carbocycles. The van der Waals surface area contributed by atoms with Crippen LogP contribution in [0.25, 0.3) is 5.65 Å². The largest absolute Gasteiger partial charge is 0.366 e. The lowest BCUT2D eigenvalue weighted by Gasteiger charge is -1.91. The molecule has 4 nitrogen and oxygen atoms in total. The molecular formula is C7H8N4. The summed E-state index contributed by atoms with van der Waals surface area (Å²) in [5.74, 6) is 0.315. The molecule has 0 atom stereocenters. The first-order valence-corrected chi connectivity index (χ1v) is 3.34. The van der Waals surface area contributed by atoms with Gasteiger partial charge in [0.1, 0.15) is 0 Å². The number of aromatic nitrogens is 3. The second-order valence-corrected chi connectivity index (χ2v) is 2.48. The quantitative estimate of drug-likeness (QED) is 0.595. The van der Waals surface area contributed by atoms with Crippen LogP contribution in [0.1, 0.15) is 5.56 Å². The lowest BCUT2D eigenvalue weighted by atomic mass is 10.3. The molecule has 0 radical (unpaired) electrons. The van der Waals surface area contributed by atoms with E-state index in [-0.39, 0.29) is 0 Å². The zero-order chi connectivity index (χ0) is 7.84. The Morgan fingerprint density at radius 2 is 2.27 bits per heavy atom. The number of pyridine rings is 1. The Hall–Kier alpha value is -1.58. The highest BCUT2D eigenvalue weighted by molar-refractivity contribution is 5.42. The lowest BCUT2D eigenvalue weighted by molar-refractivity contribution is 0.958. The maximum atomic E-state index is 5.40. The molecule has 2 rings (SSSR count). The van der Waals surface area contributed by atoms with E-state index >= 15 is 0 Å². The van der Waals surface area contributed by atoms with Gasteiger partial charge in [-0.2, -0.15) is 4.98 Å². The van der Waals surface area contributed by atoms with E-state index in [1.807, 2.05) is 25.3 Å². The number of nitrogen functional groups attached to an aromatic ring is 1. The van der Waals surface area contributed by atoms with Gasteiger partial charge in [0.2, 0.25) is 5.95 Å². The van der Waals surface area contributed by atoms with Gasteiger partial charge in [0, 0.05) is 6.20 Å². The van der Waals surface area contributed by atoms with Gasteiger partial charge < -0.3 is 5.73 Å². The summed E-state index contributed by atoms with van der Waals surface area (Å²) in [6.07, 6.45) is 1.89. The molecule has 0 spiro atoms. The van der Waals surface area contributed by atoms with E-state index < -0.39 is 0 Å². The molecule has 0 aliphatic heterocycles. The number of nitrogens with two attached hydrogens (primary N) is 1. The first-order chi connectivity index (χ1) is 5.25. The molecule has 2 N–H and O–H groups in total. The van der Waals surface area contributed by atoms with Gasteiger partial charge in [0.15, 0.2) is 5.65 Å². The third kappa shape index (κ3) is 0.920. The SMILES string of the molecule is Cc1ccc2nc(N)nn2c1. The molecule has 0 aliphatic rings. The molecule has 11 heavy (non-hydrogen) atoms. The van der Waals surface area contributed by atoms with Crippen LogP contribution in [0.15, 0.2) is 18.3 Å². The van der Waals surface area contributed by atoms with Crippen molar-refractivity contribution in [3.63, 3.8) is 0 Å². The number of fused-ring (bicyclic) bond motifs is 1. The van der Waals surface area contributed by atoms with Gasteiger partial charge in [0.05, 0.1) is 0 Å². The first kappa shape index (κ1) is 6.15. The highest BCUT2D eigenvalue weighted by atomic mass is 15.3. The molecule has 0 fully saturated rings. The minimum Gasteiger partial charge on any atom is -0.366 e. The standard InChI is InChI=1S/C7H8N4/c1-5-2-3-6-9-7(8)10-11(6)4-5/h2-4H,1H3,(H2,8,10). The van der Waals surface area contributed by atoms with Crippen LogP contribution in [-0.4, -0.2) is 14.6 Å². The smallest absolute Gasteiger partial charge is 0.240 e. The van der Waals surface area contributed by atoms with Crippen LogP contribution in [0, 0.1) is 6.92 Å². The highest BCUT2D eigenvalue weighted by Gasteiger charge is 1.97. The van der Waals surface area contributed by atoms with Gasteiger partial charge in [0.25, 0.3) is 0 Å². The Labute approximate surface area is 63.7 Å². The van der Waals surface area contributed by atoms with Crippen molar-refractivity contribution in [1.82, 2.24) is 14.6 Å². The third-order valence-corrected chi connectivity index (χ3v) is 1.50. The van der Waals surface area contributed by atoms with Gasteiger partial charge in [-0.05, 0) is 18.6 Å². The average molecular weight is 148 g/mol. The van der Waals surface area contributed by atoms with Gasteiger partial charge in [-0.25, -0.2) is 4.52 Å². The van der Waals surface area contributed by atoms with Crippen molar-refractivity contribution in [2.75, 3.05) is 5.73 Å². The average Bonchev–Trinajstić information content (AvgIpc) is 2.27. The van der Waals surface area contributed by atoms with Crippen LogP contribution in [0.3, 0.4) is 0 Å². The topological polar surface area (TPSA) is 56.2 Å². The minimum absolute atomic E-state index is 0.315. The predicted molar refractivity (Wildman–Crippen MR) is 42.1 cm³/mol. The second-order valence-electron chi connectivity index (χ2n) is 2.48. The number of aryl methyl sites for hydroxylation is 1. The number of anilines is 1.